The maximum Gasteiger partial charge on any atom is 0.416 e. The van der Waals surface area contributed by atoms with Gasteiger partial charge in [-0.3, -0.25) is 39.7 Å². The van der Waals surface area contributed by atoms with E-state index >= 15 is 0 Å². The number of nitro benzene ring substituents is 3. The molecule has 5 N–H and O–H groups in total. The molecule has 0 heterocycles. The molecule has 0 aliphatic heterocycles. The molecule has 0 aliphatic carbocycles. The maximum absolute atomic E-state index is 12.6. The van der Waals surface area contributed by atoms with Gasteiger partial charge in [-0.05, 0) is 69.9 Å². The summed E-state index contributed by atoms with van der Waals surface area (Å²) in [6, 6.07) is 6.72. The Morgan fingerprint density at radius 3 is 1.98 bits per heavy atom. The number of rotatable bonds is 15. The molecule has 3 aromatic carbocycles. The van der Waals surface area contributed by atoms with Gasteiger partial charge in [0.05, 0.1) is 32.0 Å². The fourth-order valence-corrected chi connectivity index (χ4v) is 5.44. The molecule has 0 bridgehead atoms. The molecule has 0 amide bonds. The number of anilines is 1. The van der Waals surface area contributed by atoms with Crippen molar-refractivity contribution < 1.29 is 56.8 Å². The lowest BCUT2D eigenvalue weighted by atomic mass is 10.0. The first-order valence-electron chi connectivity index (χ1n) is 16.3. The van der Waals surface area contributed by atoms with Crippen molar-refractivity contribution in [3.8, 4) is 17.2 Å². The highest BCUT2D eigenvalue weighted by molar-refractivity contribution is 7.57. The predicted molar refractivity (Wildman–Crippen MR) is 199 cm³/mol. The number of nitrogens with two attached hydrogens (primary N) is 1. The third-order valence-corrected chi connectivity index (χ3v) is 8.98. The Balaban J connectivity index is 0.000000441. The van der Waals surface area contributed by atoms with Crippen LogP contribution in [-0.4, -0.2) is 62.3 Å². The van der Waals surface area contributed by atoms with Gasteiger partial charge in [0.15, 0.2) is 13.1 Å². The third-order valence-electron chi connectivity index (χ3n) is 7.59. The Kier molecular flexibility index (Phi) is 18.5. The predicted octanol–water partition coefficient (Wildman–Crippen LogP) is 8.87. The zero-order valence-electron chi connectivity index (χ0n) is 30.6. The lowest BCUT2D eigenvalue weighted by Crippen LogP contribution is -2.30. The normalized spacial score (nSPS) is 12.5. The first-order chi connectivity index (χ1) is 25.4. The van der Waals surface area contributed by atoms with Gasteiger partial charge in [0, 0.05) is 42.6 Å². The van der Waals surface area contributed by atoms with Gasteiger partial charge >= 0.3 is 23.5 Å². The van der Waals surface area contributed by atoms with Crippen molar-refractivity contribution in [2.75, 3.05) is 24.8 Å². The Morgan fingerprint density at radius 1 is 0.964 bits per heavy atom. The average Bonchev–Trinajstić information content (AvgIpc) is 3.07. The van der Waals surface area contributed by atoms with E-state index in [9.17, 15) is 52.9 Å². The van der Waals surface area contributed by atoms with Gasteiger partial charge in [-0.15, -0.1) is 0 Å². The van der Waals surface area contributed by atoms with Crippen LogP contribution < -0.4 is 20.5 Å². The van der Waals surface area contributed by atoms with E-state index in [0.29, 0.717) is 11.1 Å². The third kappa shape index (κ3) is 15.3. The number of nitrogens with zero attached hydrogens (tertiary/aromatic N) is 3. The first kappa shape index (κ1) is 48.0. The number of nitro groups is 3. The van der Waals surface area contributed by atoms with Crippen LogP contribution in [0.4, 0.5) is 35.9 Å². The van der Waals surface area contributed by atoms with Crippen LogP contribution in [0.2, 0.25) is 5.02 Å². The molecule has 2 unspecified atom stereocenters. The number of ether oxygens (including phenoxy) is 2. The summed E-state index contributed by atoms with van der Waals surface area (Å²) in [4.78, 5) is 50.5. The van der Waals surface area contributed by atoms with Crippen LogP contribution in [0, 0.1) is 44.2 Å². The second-order valence-electron chi connectivity index (χ2n) is 11.8. The summed E-state index contributed by atoms with van der Waals surface area (Å²) in [5.74, 6) is -1.02. The second-order valence-corrected chi connectivity index (χ2v) is 14.8. The summed E-state index contributed by atoms with van der Waals surface area (Å²) in [6.45, 7) is 10.1. The number of nitrogens with one attached hydrogen (secondary N) is 1. The summed E-state index contributed by atoms with van der Waals surface area (Å²) >= 11 is 5.80. The van der Waals surface area contributed by atoms with Crippen LogP contribution in [0.25, 0.3) is 0 Å². The number of aliphatic carboxylic acids is 1. The molecule has 304 valence electrons. The number of halogens is 4. The standard InChI is InChI=1S/C15H11ClF3NO4.C13H19N3O4.C5H12NO4P/c1-2-23-14-8-10(4-5-12(14)20(21)22)24-13-6-3-9(7-11(13)16)15(17,18)19;1-5-10(6-2)14-12-11(15(17)18)7-8(3)9(4)13(12)16(19)20;1-11(9,10)3-2-4(6)5(7)8/h3-8H,2H2,1H3;7,10,14H,5-6H2,1-4H3;4H,2-3,6H2,1H3,(H,7,8)(H,9,10). The largest absolute Gasteiger partial charge is 0.487 e. The number of hydrogen-bond acceptors (Lipinski definition) is 12. The van der Waals surface area contributed by atoms with Gasteiger partial charge in [-0.2, -0.15) is 13.2 Å². The van der Waals surface area contributed by atoms with Crippen LogP contribution in [0.1, 0.15) is 56.7 Å². The summed E-state index contributed by atoms with van der Waals surface area (Å²) in [7, 11) is -3.10. The Morgan fingerprint density at radius 2 is 1.55 bits per heavy atom. The zero-order valence-corrected chi connectivity index (χ0v) is 32.2. The average molecular weight is 824 g/mol. The lowest BCUT2D eigenvalue weighted by molar-refractivity contribution is -0.392. The summed E-state index contributed by atoms with van der Waals surface area (Å²) in [5.41, 5.74) is 4.50. The van der Waals surface area contributed by atoms with Gasteiger partial charge in [0.2, 0.25) is 5.75 Å². The highest BCUT2D eigenvalue weighted by Gasteiger charge is 2.32. The molecule has 0 fully saturated rings. The van der Waals surface area contributed by atoms with E-state index in [0.717, 1.165) is 31.0 Å². The highest BCUT2D eigenvalue weighted by Crippen LogP contribution is 2.41. The molecular formula is C33H42ClF3N5O12P. The van der Waals surface area contributed by atoms with Crippen molar-refractivity contribution in [1.82, 2.24) is 0 Å². The molecule has 0 spiro atoms. The minimum atomic E-state index is -4.52. The summed E-state index contributed by atoms with van der Waals surface area (Å²) < 4.78 is 59.0. The van der Waals surface area contributed by atoms with E-state index in [1.807, 2.05) is 13.8 Å². The number of aryl methyl sites for hydroxylation is 1. The molecular weight excluding hydrogens is 782 g/mol. The van der Waals surface area contributed by atoms with E-state index in [1.165, 1.54) is 30.9 Å². The highest BCUT2D eigenvalue weighted by atomic mass is 35.5. The van der Waals surface area contributed by atoms with E-state index in [-0.39, 0.29) is 70.3 Å². The number of hydrogen-bond donors (Lipinski definition) is 4. The van der Waals surface area contributed by atoms with Crippen molar-refractivity contribution in [1.29, 1.82) is 0 Å². The number of benzene rings is 3. The van der Waals surface area contributed by atoms with Crippen LogP contribution in [0.5, 0.6) is 17.2 Å². The lowest BCUT2D eigenvalue weighted by Gasteiger charge is -2.17. The maximum atomic E-state index is 12.6. The zero-order chi connectivity index (χ0) is 42.4. The van der Waals surface area contributed by atoms with Crippen LogP contribution in [-0.2, 0) is 15.5 Å². The van der Waals surface area contributed by atoms with Crippen molar-refractivity contribution >= 4 is 47.7 Å². The molecule has 0 aromatic heterocycles. The Labute approximate surface area is 318 Å². The van der Waals surface area contributed by atoms with Crippen molar-refractivity contribution in [3.63, 3.8) is 0 Å². The number of carboxylic acid groups (broad SMARTS) is 1. The molecule has 55 heavy (non-hydrogen) atoms. The molecule has 22 heteroatoms. The van der Waals surface area contributed by atoms with Gasteiger partial charge < -0.3 is 30.5 Å². The first-order valence-corrected chi connectivity index (χ1v) is 19.0. The van der Waals surface area contributed by atoms with Crippen molar-refractivity contribution in [2.24, 2.45) is 5.73 Å². The minimum absolute atomic E-state index is 0.0109. The summed E-state index contributed by atoms with van der Waals surface area (Å²) in [5, 5.41) is 44.4. The van der Waals surface area contributed by atoms with Crippen LogP contribution >= 0.6 is 19.0 Å². The van der Waals surface area contributed by atoms with Crippen molar-refractivity contribution in [2.45, 2.75) is 72.1 Å². The quantitative estimate of drug-likeness (QED) is 0.0634. The van der Waals surface area contributed by atoms with E-state index in [1.54, 1.807) is 20.8 Å². The van der Waals surface area contributed by atoms with Crippen molar-refractivity contribution in [3.05, 3.63) is 94.5 Å². The number of alkyl halides is 3. The van der Waals surface area contributed by atoms with Gasteiger partial charge in [-0.25, -0.2) is 0 Å². The molecule has 2 atom stereocenters. The fraction of sp³-hybridized carbons (Fsp3) is 0.424. The van der Waals surface area contributed by atoms with Gasteiger partial charge in [0.25, 0.3) is 5.69 Å². The van der Waals surface area contributed by atoms with E-state index in [2.05, 4.69) is 5.32 Å². The number of carboxylic acids is 1. The molecule has 0 saturated heterocycles. The Hall–Kier alpha value is -5.04. The summed E-state index contributed by atoms with van der Waals surface area (Å²) in [6.07, 6.45) is -3.05. The fourth-order valence-electron chi connectivity index (χ4n) is 4.46. The van der Waals surface area contributed by atoms with Crippen LogP contribution in [0.15, 0.2) is 42.5 Å². The monoisotopic (exact) mass is 823 g/mol. The van der Waals surface area contributed by atoms with Crippen LogP contribution in [0.3, 0.4) is 0 Å². The SMILES string of the molecule is CCC(CC)Nc1c([N+](=O)[O-])cc(C)c(C)c1[N+](=O)[O-].CCOc1cc(Oc2ccc(C(F)(F)F)cc2Cl)ccc1[N+](=O)[O-].CP(=O)(O)CCC(N)C(=O)O. The molecule has 0 aliphatic rings. The van der Waals surface area contributed by atoms with Gasteiger partial charge in [-0.1, -0.05) is 25.4 Å². The molecule has 3 aromatic rings. The molecule has 17 nitrogen and oxygen atoms in total. The second kappa shape index (κ2) is 21.2. The molecule has 0 radical (unpaired) electrons. The smallest absolute Gasteiger partial charge is 0.416 e. The van der Waals surface area contributed by atoms with E-state index in [4.69, 9.17) is 36.8 Å². The topological polar surface area (TPSA) is 261 Å². The molecule has 0 saturated carbocycles. The molecule has 3 rings (SSSR count). The van der Waals surface area contributed by atoms with Gasteiger partial charge in [0.1, 0.15) is 17.5 Å². The number of carbonyl (C=O) groups is 1. The Bertz CT molecular complexity index is 1890. The van der Waals surface area contributed by atoms with E-state index < -0.39 is 45.9 Å². The minimum Gasteiger partial charge on any atom is -0.487 e.